The van der Waals surface area contributed by atoms with Gasteiger partial charge in [-0.05, 0) is 69.5 Å². The van der Waals surface area contributed by atoms with Crippen LogP contribution in [0.15, 0.2) is 114 Å². The summed E-state index contributed by atoms with van der Waals surface area (Å²) in [5, 5.41) is 21.9. The van der Waals surface area contributed by atoms with Crippen LogP contribution in [0, 0.1) is 5.92 Å². The predicted molar refractivity (Wildman–Crippen MR) is 192 cm³/mol. The highest BCUT2D eigenvalue weighted by atomic mass is 16.3. The molecule has 0 saturated carbocycles. The van der Waals surface area contributed by atoms with Crippen LogP contribution in [0.25, 0.3) is 0 Å². The normalized spacial score (nSPS) is 16.5. The number of carbonyl (C=O) groups excluding carboxylic acids is 3. The van der Waals surface area contributed by atoms with Crippen molar-refractivity contribution >= 4 is 35.3 Å². The molecule has 4 rings (SSSR count). The summed E-state index contributed by atoms with van der Waals surface area (Å²) >= 11 is 0. The van der Waals surface area contributed by atoms with Gasteiger partial charge in [0.05, 0.1) is 12.3 Å². The number of rotatable bonds is 16. The van der Waals surface area contributed by atoms with E-state index in [-0.39, 0.29) is 32.0 Å². The predicted octanol–water partition coefficient (Wildman–Crippen LogP) is 6.81. The molecule has 0 bridgehead atoms. The quantitative estimate of drug-likeness (QED) is 0.131. The van der Waals surface area contributed by atoms with E-state index in [2.05, 4.69) is 19.9 Å². The van der Waals surface area contributed by atoms with Gasteiger partial charge in [-0.1, -0.05) is 90.9 Å². The SMILES string of the molecule is CC(C)=CCC/C(C)=C/CN1C(=O)[C@@](O)([C@@H](C)/C=C/CC(=O)N(CCO)Cc2ccccc2)c2cc(N(C=O)c3ccccc3)ccc21. The molecule has 2 N–H and O–H groups in total. The minimum absolute atomic E-state index is 0.0403. The fourth-order valence-corrected chi connectivity index (χ4v) is 5.92. The van der Waals surface area contributed by atoms with Crippen LogP contribution in [0.5, 0.6) is 0 Å². The number of fused-ring (bicyclic) bond motifs is 1. The summed E-state index contributed by atoms with van der Waals surface area (Å²) in [6.07, 6.45) is 10.1. The second-order valence-corrected chi connectivity index (χ2v) is 12.5. The first-order valence-corrected chi connectivity index (χ1v) is 16.5. The number of nitrogens with zero attached hydrogens (tertiary/aromatic N) is 3. The Balaban J connectivity index is 1.62. The largest absolute Gasteiger partial charge is 0.395 e. The lowest BCUT2D eigenvalue weighted by atomic mass is 9.82. The van der Waals surface area contributed by atoms with Crippen molar-refractivity contribution in [1.82, 2.24) is 4.90 Å². The van der Waals surface area contributed by atoms with Crippen LogP contribution in [0.4, 0.5) is 17.1 Å². The van der Waals surface area contributed by atoms with Crippen LogP contribution in [0.1, 0.15) is 58.1 Å². The van der Waals surface area contributed by atoms with Crippen LogP contribution in [0.2, 0.25) is 0 Å². The second-order valence-electron chi connectivity index (χ2n) is 12.5. The maximum atomic E-state index is 14.2. The van der Waals surface area contributed by atoms with Crippen molar-refractivity contribution in [2.45, 2.75) is 59.1 Å². The summed E-state index contributed by atoms with van der Waals surface area (Å²) in [4.78, 5) is 44.3. The van der Waals surface area contributed by atoms with E-state index in [1.165, 1.54) is 10.5 Å². The van der Waals surface area contributed by atoms with Crippen molar-refractivity contribution < 1.29 is 24.6 Å². The molecule has 8 heteroatoms. The molecule has 2 atom stereocenters. The molecule has 3 aromatic rings. The van der Waals surface area contributed by atoms with Gasteiger partial charge < -0.3 is 20.0 Å². The average Bonchev–Trinajstić information content (AvgIpc) is 3.30. The first kappa shape index (κ1) is 36.1. The van der Waals surface area contributed by atoms with E-state index in [0.29, 0.717) is 35.6 Å². The zero-order valence-corrected chi connectivity index (χ0v) is 28.4. The van der Waals surface area contributed by atoms with Crippen molar-refractivity contribution in [3.8, 4) is 0 Å². The number of anilines is 3. The number of hydrogen-bond donors (Lipinski definition) is 2. The molecular weight excluding hydrogens is 602 g/mol. The van der Waals surface area contributed by atoms with Crippen molar-refractivity contribution in [3.63, 3.8) is 0 Å². The summed E-state index contributed by atoms with van der Waals surface area (Å²) in [7, 11) is 0. The zero-order chi connectivity index (χ0) is 34.7. The smallest absolute Gasteiger partial charge is 0.264 e. The second kappa shape index (κ2) is 16.9. The van der Waals surface area contributed by atoms with Crippen LogP contribution >= 0.6 is 0 Å². The minimum Gasteiger partial charge on any atom is -0.395 e. The van der Waals surface area contributed by atoms with Gasteiger partial charge in [0.15, 0.2) is 5.60 Å². The van der Waals surface area contributed by atoms with Crippen LogP contribution in [-0.4, -0.2) is 53.0 Å². The van der Waals surface area contributed by atoms with Crippen molar-refractivity contribution in [3.05, 3.63) is 125 Å². The Morgan fingerprint density at radius 3 is 2.29 bits per heavy atom. The molecule has 48 heavy (non-hydrogen) atoms. The minimum atomic E-state index is -1.94. The molecule has 1 aliphatic rings. The van der Waals surface area contributed by atoms with Gasteiger partial charge in [0, 0.05) is 48.9 Å². The first-order valence-electron chi connectivity index (χ1n) is 16.5. The molecule has 0 aromatic heterocycles. The number of amides is 3. The fraction of sp³-hybridized carbons (Fsp3) is 0.325. The summed E-state index contributed by atoms with van der Waals surface area (Å²) in [6.45, 7) is 8.62. The Hall–Kier alpha value is -4.79. The fourth-order valence-electron chi connectivity index (χ4n) is 5.92. The molecule has 0 fully saturated rings. The molecule has 8 nitrogen and oxygen atoms in total. The van der Waals surface area contributed by atoms with E-state index in [9.17, 15) is 24.6 Å². The highest BCUT2D eigenvalue weighted by Gasteiger charge is 2.52. The maximum Gasteiger partial charge on any atom is 0.264 e. The Kier molecular flexibility index (Phi) is 12.7. The number of carbonyl (C=O) groups is 3. The Morgan fingerprint density at radius 2 is 1.65 bits per heavy atom. The summed E-state index contributed by atoms with van der Waals surface area (Å²) in [6, 6.07) is 24.0. The number of allylic oxidation sites excluding steroid dienone is 3. The number of para-hydroxylation sites is 1. The standard InChI is InChI=1S/C40H47N3O5/c1-30(2)13-11-14-31(3)23-24-42-37-22-21-35(43(29-45)34-18-9-6-10-19-34)27-36(37)40(48,39(42)47)32(4)15-12-20-38(46)41(25-26-44)28-33-16-7-5-8-17-33/h5-10,12-13,15-19,21-23,27,29,32,44,48H,11,14,20,24-26,28H2,1-4H3/b15-12+,31-23+/t32-,40+/m0/s1. The molecule has 0 radical (unpaired) electrons. The van der Waals surface area contributed by atoms with Crippen molar-refractivity contribution in [2.75, 3.05) is 29.5 Å². The van der Waals surface area contributed by atoms with E-state index in [4.69, 9.17) is 0 Å². The van der Waals surface area contributed by atoms with Crippen molar-refractivity contribution in [2.24, 2.45) is 5.92 Å². The van der Waals surface area contributed by atoms with Gasteiger partial charge in [-0.2, -0.15) is 0 Å². The molecule has 0 spiro atoms. The molecule has 0 unspecified atom stereocenters. The van der Waals surface area contributed by atoms with Gasteiger partial charge in [-0.3, -0.25) is 19.3 Å². The third-order valence-corrected chi connectivity index (χ3v) is 8.70. The molecule has 252 valence electrons. The Bertz CT molecular complexity index is 1650. The lowest BCUT2D eigenvalue weighted by Crippen LogP contribution is -2.44. The number of benzene rings is 3. The summed E-state index contributed by atoms with van der Waals surface area (Å²) < 4.78 is 0. The van der Waals surface area contributed by atoms with E-state index < -0.39 is 17.4 Å². The summed E-state index contributed by atoms with van der Waals surface area (Å²) in [5.41, 5.74) is 3.56. The van der Waals surface area contributed by atoms with Crippen LogP contribution in [-0.2, 0) is 26.5 Å². The Morgan fingerprint density at radius 1 is 0.958 bits per heavy atom. The number of aliphatic hydroxyl groups is 2. The number of aliphatic hydroxyl groups excluding tert-OH is 1. The highest BCUT2D eigenvalue weighted by Crippen LogP contribution is 2.47. The molecule has 1 aliphatic heterocycles. The highest BCUT2D eigenvalue weighted by molar-refractivity contribution is 6.08. The van der Waals surface area contributed by atoms with Gasteiger partial charge in [0.1, 0.15) is 0 Å². The lowest BCUT2D eigenvalue weighted by molar-refractivity contribution is -0.139. The Labute approximate surface area is 284 Å². The van der Waals surface area contributed by atoms with Gasteiger partial charge >= 0.3 is 0 Å². The van der Waals surface area contributed by atoms with Crippen molar-refractivity contribution in [1.29, 1.82) is 0 Å². The monoisotopic (exact) mass is 649 g/mol. The van der Waals surface area contributed by atoms with Gasteiger partial charge in [-0.25, -0.2) is 0 Å². The maximum absolute atomic E-state index is 14.2. The van der Waals surface area contributed by atoms with Crippen LogP contribution in [0.3, 0.4) is 0 Å². The molecule has 1 heterocycles. The average molecular weight is 650 g/mol. The third-order valence-electron chi connectivity index (χ3n) is 8.70. The molecule has 3 amide bonds. The van der Waals surface area contributed by atoms with E-state index >= 15 is 0 Å². The zero-order valence-electron chi connectivity index (χ0n) is 28.4. The topological polar surface area (TPSA) is 101 Å². The molecule has 3 aromatic carbocycles. The van der Waals surface area contributed by atoms with E-state index in [0.717, 1.165) is 24.0 Å². The first-order chi connectivity index (χ1) is 23.1. The van der Waals surface area contributed by atoms with Gasteiger partial charge in [0.2, 0.25) is 12.3 Å². The number of hydrogen-bond acceptors (Lipinski definition) is 5. The molecule has 0 aliphatic carbocycles. The molecule has 0 saturated heterocycles. The molecular formula is C40H47N3O5. The van der Waals surface area contributed by atoms with Crippen LogP contribution < -0.4 is 9.80 Å². The summed E-state index contributed by atoms with van der Waals surface area (Å²) in [5.74, 6) is -1.35. The lowest BCUT2D eigenvalue weighted by Gasteiger charge is -2.28. The van der Waals surface area contributed by atoms with E-state index in [1.807, 2.05) is 73.7 Å². The van der Waals surface area contributed by atoms with Gasteiger partial charge in [-0.15, -0.1) is 0 Å². The van der Waals surface area contributed by atoms with E-state index in [1.54, 1.807) is 47.1 Å². The van der Waals surface area contributed by atoms with Gasteiger partial charge in [0.25, 0.3) is 5.91 Å². The third kappa shape index (κ3) is 8.56.